The Morgan fingerprint density at radius 2 is 0.778 bits per heavy atom. The van der Waals surface area contributed by atoms with Gasteiger partial charge in [-0.25, -0.2) is 0 Å². The van der Waals surface area contributed by atoms with Gasteiger partial charge in [-0.1, -0.05) is 326 Å². The average Bonchev–Trinajstić information content (AvgIpc) is 0.805. The minimum Gasteiger partial charge on any atom is -0.396 e. The molecule has 0 aromatic carbocycles. The van der Waals surface area contributed by atoms with E-state index in [1.54, 1.807) is 21.1 Å². The maximum Gasteiger partial charge on any atom is 0.129 e. The third-order valence-electron chi connectivity index (χ3n) is 19.0. The number of hydrogen-bond donors (Lipinski definition) is 2. The Hall–Kier alpha value is -1.05. The summed E-state index contributed by atoms with van der Waals surface area (Å²) in [5.74, 6) is 17.8. The van der Waals surface area contributed by atoms with E-state index in [-0.39, 0.29) is 6.10 Å². The molecule has 0 aromatic rings. The molecule has 3 aliphatic carbocycles. The van der Waals surface area contributed by atoms with Crippen LogP contribution >= 0.6 is 0 Å². The van der Waals surface area contributed by atoms with Crippen molar-refractivity contribution >= 4 is 5.78 Å². The Labute approximate surface area is 690 Å². The third-order valence-corrected chi connectivity index (χ3v) is 19.0. The van der Waals surface area contributed by atoms with Crippen LogP contribution in [0.15, 0.2) is 24.8 Å². The van der Waals surface area contributed by atoms with Crippen LogP contribution < -0.4 is 0 Å². The lowest BCUT2D eigenvalue weighted by Crippen LogP contribution is -2.16. The largest absolute Gasteiger partial charge is 0.396 e. The topological polar surface area (TPSA) is 79.2 Å². The van der Waals surface area contributed by atoms with E-state index in [9.17, 15) is 4.79 Å². The van der Waals surface area contributed by atoms with Gasteiger partial charge in [0.05, 0.1) is 6.10 Å². The highest BCUT2D eigenvalue weighted by atomic mass is 16.5. The van der Waals surface area contributed by atoms with Crippen molar-refractivity contribution in [3.8, 4) is 0 Å². The van der Waals surface area contributed by atoms with Crippen LogP contribution in [0.2, 0.25) is 0 Å². The van der Waals surface area contributed by atoms with Gasteiger partial charge in [0.15, 0.2) is 0 Å². The Morgan fingerprint density at radius 1 is 0.454 bits per heavy atom. The number of methoxy groups -OCH3 is 2. The molecule has 3 fully saturated rings. The summed E-state index contributed by atoms with van der Waals surface area (Å²) in [6.45, 7) is 97.7. The Bertz CT molecular complexity index is 1550. The predicted octanol–water partition coefficient (Wildman–Crippen LogP) is 33.4. The normalized spacial score (nSPS) is 16.4. The van der Waals surface area contributed by atoms with E-state index in [0.29, 0.717) is 29.6 Å². The number of hydrogen-bond acceptors (Lipinski definition) is 6. The molecule has 3 aliphatic rings. The van der Waals surface area contributed by atoms with Gasteiger partial charge in [-0.05, 0) is 280 Å². The molecule has 0 unspecified atom stereocenters. The first-order chi connectivity index (χ1) is 49.6. The zero-order valence-corrected chi connectivity index (χ0v) is 83.8. The van der Waals surface area contributed by atoms with Gasteiger partial charge in [0.1, 0.15) is 5.78 Å². The molecule has 0 saturated heterocycles. The summed E-state index contributed by atoms with van der Waals surface area (Å²) in [5, 5.41) is 17.0. The number of rotatable bonds is 30. The summed E-state index contributed by atoms with van der Waals surface area (Å²) in [7, 11) is 7.72. The highest BCUT2D eigenvalue weighted by Crippen LogP contribution is 2.34. The van der Waals surface area contributed by atoms with E-state index in [1.165, 1.54) is 153 Å². The molecule has 1 atom stereocenters. The second kappa shape index (κ2) is 93.1. The summed E-state index contributed by atoms with van der Waals surface area (Å²) in [6, 6.07) is 0. The lowest BCUT2D eigenvalue weighted by molar-refractivity contribution is -0.117. The molecule has 664 valence electrons. The molecule has 0 spiro atoms. The zero-order chi connectivity index (χ0) is 87.1. The van der Waals surface area contributed by atoms with Gasteiger partial charge >= 0.3 is 0 Å². The van der Waals surface area contributed by atoms with Gasteiger partial charge in [0, 0.05) is 40.5 Å². The minimum atomic E-state index is -0.125. The fourth-order valence-corrected chi connectivity index (χ4v) is 12.5. The minimum absolute atomic E-state index is 0.125. The van der Waals surface area contributed by atoms with Crippen molar-refractivity contribution in [1.29, 1.82) is 0 Å². The van der Waals surface area contributed by atoms with Crippen LogP contribution in [0.3, 0.4) is 0 Å². The van der Waals surface area contributed by atoms with Crippen LogP contribution in [-0.4, -0.2) is 81.7 Å². The Kier molecular flexibility index (Phi) is 112. The molecule has 6 heteroatoms. The van der Waals surface area contributed by atoms with Crippen molar-refractivity contribution in [3.63, 3.8) is 0 Å². The zero-order valence-electron chi connectivity index (χ0n) is 83.8. The van der Waals surface area contributed by atoms with Crippen LogP contribution in [-0.2, 0) is 14.3 Å². The maximum atomic E-state index is 10.3. The number of nitrogens with zero attached hydrogens (tertiary/aromatic N) is 1. The Balaban J connectivity index is -0.000000105. The first kappa shape index (κ1) is 130. The van der Waals surface area contributed by atoms with Crippen molar-refractivity contribution in [2.24, 2.45) is 124 Å². The summed E-state index contributed by atoms with van der Waals surface area (Å²) < 4.78 is 9.74. The highest BCUT2D eigenvalue weighted by molar-refractivity contribution is 5.75. The number of carbonyl (C=O) groups is 1. The average molecular weight is 1540 g/mol. The van der Waals surface area contributed by atoms with E-state index in [4.69, 9.17) is 19.7 Å². The van der Waals surface area contributed by atoms with Crippen molar-refractivity contribution in [2.45, 2.75) is 456 Å². The molecule has 0 amide bonds. The molecule has 0 aromatic heterocycles. The molecular weight excluding hydrogens is 1320 g/mol. The number of ether oxygens (including phenoxy) is 2. The van der Waals surface area contributed by atoms with Crippen LogP contribution in [0.25, 0.3) is 0 Å². The number of aliphatic hydroxyl groups is 2. The molecule has 3 rings (SSSR count). The number of aliphatic hydroxyl groups excluding tert-OH is 2. The monoisotopic (exact) mass is 1540 g/mol. The smallest absolute Gasteiger partial charge is 0.129 e. The second-order valence-corrected chi connectivity index (χ2v) is 40.9. The SMILES string of the molecule is C=C1CCC(C(C)C)CC1.C=CCC(C)C.CC(=O)CCC(C)C.CC(C)CC(C)(C)C.CC(C)CC(C)C.CC(C)CCCO.CC(C)CCN(C)C.CC(C)C[C@@H](C)O.CC1CCC(C(C)C)CC1.CC1CCC(C(C)C)CC1.CCCC(C)C.CCCC(C)C.COCCC(C)C.COCCCC(C)C. The highest BCUT2D eigenvalue weighted by Gasteiger charge is 2.22. The summed E-state index contributed by atoms with van der Waals surface area (Å²) >= 11 is 0. The summed E-state index contributed by atoms with van der Waals surface area (Å²) in [6.07, 6.45) is 38.0. The van der Waals surface area contributed by atoms with Gasteiger partial charge in [0.2, 0.25) is 0 Å². The Morgan fingerprint density at radius 3 is 0.917 bits per heavy atom. The van der Waals surface area contributed by atoms with Gasteiger partial charge in [-0.2, -0.15) is 0 Å². The number of carbonyl (C=O) groups excluding carboxylic acids is 1. The lowest BCUT2D eigenvalue weighted by atomic mass is 9.78. The van der Waals surface area contributed by atoms with E-state index >= 15 is 0 Å². The number of allylic oxidation sites excluding steroid dienone is 2. The van der Waals surface area contributed by atoms with Gasteiger partial charge in [-0.15, -0.1) is 6.58 Å². The summed E-state index contributed by atoms with van der Waals surface area (Å²) in [5.41, 5.74) is 1.99. The fourth-order valence-electron chi connectivity index (χ4n) is 12.5. The van der Waals surface area contributed by atoms with Crippen molar-refractivity contribution < 1.29 is 24.5 Å². The van der Waals surface area contributed by atoms with E-state index in [1.807, 2.05) is 13.0 Å². The molecule has 6 nitrogen and oxygen atoms in total. The quantitative estimate of drug-likeness (QED) is 0.0551. The van der Waals surface area contributed by atoms with E-state index < -0.39 is 0 Å². The molecule has 0 radical (unpaired) electrons. The molecule has 0 heterocycles. The van der Waals surface area contributed by atoms with E-state index in [2.05, 4.69) is 288 Å². The molecule has 0 bridgehead atoms. The standard InChI is InChI=1S/2C10H20.C10H18.C8H18.C7H17N.C7H16O.C7H14O.C7H16.3C6H14O.2C6H14.C6H12/c3*1-8(2)10-6-4-9(3)5-7-10;1-7(2)6-8(3,4)5;1-7(2)5-6-8(3)4;1-7(2)5-4-6-8-3;1-6(2)4-5-7(3)8;1-6(2)5-7(3)4;1-6(2)4-5-7-3;1-5(2)4-6(3)7;1-6(2)4-3-5-7;3*1-4-5-6(2)3/h2*8-10H,4-7H2,1-3H3;8,10H,3-7H2,1-2H3;7H,6H2,1-5H3;7H,5-6H2,1-4H3;7H,4-6H2,1-3H3;6H,4-5H2,1-3H3;6-7H,5H2,1-4H3;6H,4-5H2,1-3H3;5-7H,4H2,1-3H3;6-7H,3-5H2,1-2H3;2*6H,4-5H2,1-3H3;4,6H,1,5H2,2-3H3/t;;;;;;;;;6-;;;;/m.........1..../s1. The van der Waals surface area contributed by atoms with E-state index in [0.717, 1.165) is 158 Å². The first-order valence-electron chi connectivity index (χ1n) is 46.3. The predicted molar refractivity (Wildman–Crippen MR) is 503 cm³/mol. The molecule has 3 saturated carbocycles. The van der Waals surface area contributed by atoms with Crippen LogP contribution in [0.5, 0.6) is 0 Å². The number of Topliss-reactive ketones (excluding diaryl/α,β-unsaturated/α-hetero) is 1. The number of ketones is 1. The van der Waals surface area contributed by atoms with Crippen molar-refractivity contribution in [1.82, 2.24) is 4.90 Å². The van der Waals surface area contributed by atoms with Gasteiger partial charge < -0.3 is 29.4 Å². The fraction of sp³-hybridized carbons (Fsp3) is 0.951. The van der Waals surface area contributed by atoms with Gasteiger partial charge in [0.25, 0.3) is 0 Å². The van der Waals surface area contributed by atoms with Crippen molar-refractivity contribution in [2.75, 3.05) is 54.7 Å². The van der Waals surface area contributed by atoms with Crippen molar-refractivity contribution in [3.05, 3.63) is 24.8 Å². The molecule has 108 heavy (non-hydrogen) atoms. The maximum absolute atomic E-state index is 10.3. The third kappa shape index (κ3) is 154. The summed E-state index contributed by atoms with van der Waals surface area (Å²) in [4.78, 5) is 12.6. The molecular formula is C102H221NO5. The van der Waals surface area contributed by atoms with Crippen LogP contribution in [0, 0.1) is 124 Å². The van der Waals surface area contributed by atoms with Crippen LogP contribution in [0.1, 0.15) is 450 Å². The second-order valence-electron chi connectivity index (χ2n) is 40.9. The first-order valence-corrected chi connectivity index (χ1v) is 46.3. The molecule has 0 aliphatic heterocycles. The lowest BCUT2D eigenvalue weighted by Gasteiger charge is -2.28. The van der Waals surface area contributed by atoms with Crippen LogP contribution in [0.4, 0.5) is 0 Å². The van der Waals surface area contributed by atoms with Gasteiger partial charge in [-0.3, -0.25) is 0 Å². The molecule has 2 N–H and O–H groups in total.